The SMILES string of the molecule is COc1ccc(NC(=S)Nc2cc(Cl)ccc2O)cc1. The lowest BCUT2D eigenvalue weighted by Crippen LogP contribution is -2.19. The molecule has 0 aliphatic carbocycles. The Kier molecular flexibility index (Phi) is 4.65. The van der Waals surface area contributed by atoms with E-state index in [-0.39, 0.29) is 5.75 Å². The lowest BCUT2D eigenvalue weighted by atomic mass is 10.3. The van der Waals surface area contributed by atoms with Crippen molar-refractivity contribution in [2.45, 2.75) is 0 Å². The fourth-order valence-corrected chi connectivity index (χ4v) is 1.97. The van der Waals surface area contributed by atoms with Crippen LogP contribution in [0.1, 0.15) is 0 Å². The number of phenolic OH excluding ortho intramolecular Hbond substituents is 1. The number of hydrogen-bond acceptors (Lipinski definition) is 3. The van der Waals surface area contributed by atoms with E-state index in [1.54, 1.807) is 19.2 Å². The number of halogens is 1. The first-order valence-corrected chi connectivity index (χ1v) is 6.57. The van der Waals surface area contributed by atoms with Crippen LogP contribution < -0.4 is 15.4 Å². The van der Waals surface area contributed by atoms with Gasteiger partial charge >= 0.3 is 0 Å². The summed E-state index contributed by atoms with van der Waals surface area (Å²) in [5.41, 5.74) is 1.26. The number of anilines is 2. The molecule has 0 aromatic heterocycles. The molecule has 0 amide bonds. The van der Waals surface area contributed by atoms with Crippen LogP contribution in [0.15, 0.2) is 42.5 Å². The van der Waals surface area contributed by atoms with Crippen molar-refractivity contribution in [3.63, 3.8) is 0 Å². The van der Waals surface area contributed by atoms with E-state index in [2.05, 4.69) is 10.6 Å². The number of methoxy groups -OCH3 is 1. The van der Waals surface area contributed by atoms with Crippen molar-refractivity contribution in [2.24, 2.45) is 0 Å². The average molecular weight is 309 g/mol. The maximum Gasteiger partial charge on any atom is 0.175 e. The molecule has 2 aromatic carbocycles. The summed E-state index contributed by atoms with van der Waals surface area (Å²) in [7, 11) is 1.61. The molecule has 3 N–H and O–H groups in total. The van der Waals surface area contributed by atoms with Crippen LogP contribution in [-0.2, 0) is 0 Å². The van der Waals surface area contributed by atoms with Gasteiger partial charge in [0, 0.05) is 10.7 Å². The van der Waals surface area contributed by atoms with Crippen LogP contribution in [0.5, 0.6) is 11.5 Å². The highest BCUT2D eigenvalue weighted by molar-refractivity contribution is 7.80. The molecule has 0 radical (unpaired) electrons. The van der Waals surface area contributed by atoms with Crippen LogP contribution in [-0.4, -0.2) is 17.3 Å². The summed E-state index contributed by atoms with van der Waals surface area (Å²) in [5, 5.41) is 16.4. The number of nitrogens with one attached hydrogen (secondary N) is 2. The first-order valence-electron chi connectivity index (χ1n) is 5.79. The van der Waals surface area contributed by atoms with Gasteiger partial charge in [-0.05, 0) is 54.7 Å². The highest BCUT2D eigenvalue weighted by Gasteiger charge is 2.04. The molecule has 2 aromatic rings. The third kappa shape index (κ3) is 3.76. The highest BCUT2D eigenvalue weighted by atomic mass is 35.5. The molecular formula is C14H13ClN2O2S. The Morgan fingerprint density at radius 1 is 1.15 bits per heavy atom. The molecule has 0 bridgehead atoms. The van der Waals surface area contributed by atoms with Crippen molar-refractivity contribution in [1.29, 1.82) is 0 Å². The van der Waals surface area contributed by atoms with Gasteiger partial charge in [0.05, 0.1) is 12.8 Å². The summed E-state index contributed by atoms with van der Waals surface area (Å²) < 4.78 is 5.07. The maximum absolute atomic E-state index is 9.69. The number of aromatic hydroxyl groups is 1. The Hall–Kier alpha value is -1.98. The largest absolute Gasteiger partial charge is 0.506 e. The van der Waals surface area contributed by atoms with E-state index >= 15 is 0 Å². The number of hydrogen-bond donors (Lipinski definition) is 3. The smallest absolute Gasteiger partial charge is 0.175 e. The predicted octanol–water partition coefficient (Wildman–Crippen LogP) is 3.86. The number of phenols is 1. The summed E-state index contributed by atoms with van der Waals surface area (Å²) in [4.78, 5) is 0. The number of benzene rings is 2. The van der Waals surface area contributed by atoms with Gasteiger partial charge in [-0.3, -0.25) is 0 Å². The summed E-state index contributed by atoms with van der Waals surface area (Å²) in [6.45, 7) is 0. The predicted molar refractivity (Wildman–Crippen MR) is 86.0 cm³/mol. The Labute approximate surface area is 127 Å². The van der Waals surface area contributed by atoms with E-state index < -0.39 is 0 Å². The van der Waals surface area contributed by atoms with Gasteiger partial charge in [0.15, 0.2) is 5.11 Å². The summed E-state index contributed by atoms with van der Waals surface area (Å²) in [5.74, 6) is 0.843. The van der Waals surface area contributed by atoms with E-state index in [9.17, 15) is 5.11 Å². The minimum Gasteiger partial charge on any atom is -0.506 e. The van der Waals surface area contributed by atoms with E-state index in [0.717, 1.165) is 11.4 Å². The summed E-state index contributed by atoms with van der Waals surface area (Å²) >= 11 is 11.0. The van der Waals surface area contributed by atoms with Crippen molar-refractivity contribution >= 4 is 40.3 Å². The average Bonchev–Trinajstić information content (AvgIpc) is 2.43. The first kappa shape index (κ1) is 14.4. The minimum atomic E-state index is 0.0771. The van der Waals surface area contributed by atoms with E-state index in [4.69, 9.17) is 28.6 Å². The number of thiocarbonyl (C=S) groups is 1. The van der Waals surface area contributed by atoms with Crippen molar-refractivity contribution in [3.05, 3.63) is 47.5 Å². The summed E-state index contributed by atoms with van der Waals surface area (Å²) in [6.07, 6.45) is 0. The molecule has 0 atom stereocenters. The van der Waals surface area contributed by atoms with Crippen LogP contribution in [0.4, 0.5) is 11.4 Å². The van der Waals surface area contributed by atoms with Crippen LogP contribution in [0.2, 0.25) is 5.02 Å². The molecule has 0 heterocycles. The van der Waals surface area contributed by atoms with Gasteiger partial charge in [0.25, 0.3) is 0 Å². The van der Waals surface area contributed by atoms with Crippen molar-refractivity contribution in [1.82, 2.24) is 0 Å². The molecule has 104 valence electrons. The van der Waals surface area contributed by atoms with E-state index in [1.807, 2.05) is 24.3 Å². The van der Waals surface area contributed by atoms with Crippen LogP contribution in [0, 0.1) is 0 Å². The standard InChI is InChI=1S/C14H13ClN2O2S/c1-19-11-5-3-10(4-6-11)16-14(20)17-12-8-9(15)2-7-13(12)18/h2-8,18H,1H3,(H2,16,17,20). The minimum absolute atomic E-state index is 0.0771. The third-order valence-electron chi connectivity index (χ3n) is 2.55. The zero-order chi connectivity index (χ0) is 14.5. The van der Waals surface area contributed by atoms with Gasteiger partial charge in [-0.1, -0.05) is 11.6 Å². The molecule has 4 nitrogen and oxygen atoms in total. The molecule has 0 aliphatic rings. The molecule has 0 spiro atoms. The van der Waals surface area contributed by atoms with Gasteiger partial charge < -0.3 is 20.5 Å². The van der Waals surface area contributed by atoms with Crippen molar-refractivity contribution < 1.29 is 9.84 Å². The van der Waals surface area contributed by atoms with Crippen LogP contribution in [0.25, 0.3) is 0 Å². The van der Waals surface area contributed by atoms with Gasteiger partial charge in [-0.25, -0.2) is 0 Å². The monoisotopic (exact) mass is 308 g/mol. The Morgan fingerprint density at radius 3 is 2.50 bits per heavy atom. The van der Waals surface area contributed by atoms with Crippen molar-refractivity contribution in [3.8, 4) is 11.5 Å². The number of rotatable bonds is 3. The normalized spacial score (nSPS) is 9.90. The molecule has 20 heavy (non-hydrogen) atoms. The molecule has 0 saturated carbocycles. The molecule has 0 unspecified atom stereocenters. The lowest BCUT2D eigenvalue weighted by molar-refractivity contribution is 0.415. The molecule has 0 fully saturated rings. The van der Waals surface area contributed by atoms with Crippen molar-refractivity contribution in [2.75, 3.05) is 17.7 Å². The second-order valence-electron chi connectivity index (χ2n) is 3.97. The lowest BCUT2D eigenvalue weighted by Gasteiger charge is -2.12. The summed E-state index contributed by atoms with van der Waals surface area (Å²) in [6, 6.07) is 12.0. The van der Waals surface area contributed by atoms with E-state index in [0.29, 0.717) is 15.8 Å². The van der Waals surface area contributed by atoms with Gasteiger partial charge in [-0.2, -0.15) is 0 Å². The zero-order valence-electron chi connectivity index (χ0n) is 10.7. The van der Waals surface area contributed by atoms with Gasteiger partial charge in [0.2, 0.25) is 0 Å². The van der Waals surface area contributed by atoms with Gasteiger partial charge in [-0.15, -0.1) is 0 Å². The maximum atomic E-state index is 9.69. The van der Waals surface area contributed by atoms with Gasteiger partial charge in [0.1, 0.15) is 11.5 Å². The third-order valence-corrected chi connectivity index (χ3v) is 2.99. The fourth-order valence-electron chi connectivity index (χ4n) is 1.57. The quantitative estimate of drug-likeness (QED) is 0.594. The van der Waals surface area contributed by atoms with Crippen LogP contribution >= 0.6 is 23.8 Å². The Bertz CT molecular complexity index is 617. The van der Waals surface area contributed by atoms with Crippen LogP contribution in [0.3, 0.4) is 0 Å². The molecule has 0 saturated heterocycles. The highest BCUT2D eigenvalue weighted by Crippen LogP contribution is 2.26. The first-order chi connectivity index (χ1) is 9.58. The zero-order valence-corrected chi connectivity index (χ0v) is 12.3. The molecule has 2 rings (SSSR count). The second kappa shape index (κ2) is 6.45. The number of ether oxygens (including phenoxy) is 1. The second-order valence-corrected chi connectivity index (χ2v) is 4.81. The molecule has 0 aliphatic heterocycles. The molecular weight excluding hydrogens is 296 g/mol. The Morgan fingerprint density at radius 2 is 1.85 bits per heavy atom. The van der Waals surface area contributed by atoms with E-state index in [1.165, 1.54) is 6.07 Å². The fraction of sp³-hybridized carbons (Fsp3) is 0.0714. The Balaban J connectivity index is 2.03. The molecule has 6 heteroatoms. The topological polar surface area (TPSA) is 53.5 Å².